The van der Waals surface area contributed by atoms with Crippen LogP contribution >= 0.6 is 23.2 Å². The quantitative estimate of drug-likeness (QED) is 0.663. The molecule has 2 N–H and O–H groups in total. The first-order chi connectivity index (χ1) is 14.5. The first-order valence-corrected chi connectivity index (χ1v) is 10.1. The van der Waals surface area contributed by atoms with Crippen LogP contribution in [0.3, 0.4) is 0 Å². The highest BCUT2D eigenvalue weighted by molar-refractivity contribution is 6.42. The van der Waals surface area contributed by atoms with E-state index in [1.807, 2.05) is 48.5 Å². The molecule has 168 valence electrons. The average Bonchev–Trinajstić information content (AvgIpc) is 3.12. The van der Waals surface area contributed by atoms with Gasteiger partial charge in [0.2, 0.25) is 5.91 Å². The fourth-order valence-electron chi connectivity index (χ4n) is 3.05. The van der Waals surface area contributed by atoms with E-state index in [0.717, 1.165) is 37.2 Å². The van der Waals surface area contributed by atoms with Crippen molar-refractivity contribution in [3.63, 3.8) is 0 Å². The molecule has 31 heavy (non-hydrogen) atoms. The Hall–Kier alpha value is -2.29. The molecular formula is C21H21Cl2F3N2O3. The average molecular weight is 477 g/mol. The Morgan fingerprint density at radius 2 is 1.71 bits per heavy atom. The number of carboxylic acids is 1. The first kappa shape index (κ1) is 25.0. The number of alkyl halides is 3. The zero-order valence-electron chi connectivity index (χ0n) is 16.3. The van der Waals surface area contributed by atoms with Crippen molar-refractivity contribution in [1.29, 1.82) is 0 Å². The lowest BCUT2D eigenvalue weighted by Gasteiger charge is -2.17. The van der Waals surface area contributed by atoms with Gasteiger partial charge in [0, 0.05) is 25.7 Å². The summed E-state index contributed by atoms with van der Waals surface area (Å²) in [5.74, 6) is -2.67. The molecule has 0 spiro atoms. The fraction of sp³-hybridized carbons (Fsp3) is 0.333. The third-order valence-electron chi connectivity index (χ3n) is 4.48. The molecule has 3 rings (SSSR count). The molecular weight excluding hydrogens is 456 g/mol. The summed E-state index contributed by atoms with van der Waals surface area (Å²) in [7, 11) is 0. The number of benzene rings is 2. The molecule has 0 aromatic heterocycles. The monoisotopic (exact) mass is 476 g/mol. The van der Waals surface area contributed by atoms with Crippen molar-refractivity contribution in [2.45, 2.75) is 31.6 Å². The van der Waals surface area contributed by atoms with Gasteiger partial charge in [-0.05, 0) is 29.7 Å². The topological polar surface area (TPSA) is 69.6 Å². The van der Waals surface area contributed by atoms with Crippen LogP contribution in [0.4, 0.5) is 13.2 Å². The van der Waals surface area contributed by atoms with Crippen LogP contribution in [0.1, 0.15) is 17.5 Å². The maximum atomic E-state index is 12.2. The van der Waals surface area contributed by atoms with Crippen LogP contribution in [0.5, 0.6) is 0 Å². The van der Waals surface area contributed by atoms with Crippen LogP contribution in [0.25, 0.3) is 0 Å². The summed E-state index contributed by atoms with van der Waals surface area (Å²) < 4.78 is 31.7. The van der Waals surface area contributed by atoms with Gasteiger partial charge in [-0.25, -0.2) is 4.79 Å². The lowest BCUT2D eigenvalue weighted by Crippen LogP contribution is -2.37. The van der Waals surface area contributed by atoms with Crippen LogP contribution in [0.2, 0.25) is 10.0 Å². The summed E-state index contributed by atoms with van der Waals surface area (Å²) in [6.07, 6.45) is -3.67. The molecule has 5 nitrogen and oxygen atoms in total. The van der Waals surface area contributed by atoms with E-state index in [9.17, 15) is 18.0 Å². The fourth-order valence-corrected chi connectivity index (χ4v) is 3.37. The van der Waals surface area contributed by atoms with E-state index < -0.39 is 12.1 Å². The van der Waals surface area contributed by atoms with Crippen molar-refractivity contribution in [3.8, 4) is 0 Å². The van der Waals surface area contributed by atoms with Gasteiger partial charge in [-0.1, -0.05) is 59.6 Å². The van der Waals surface area contributed by atoms with E-state index in [2.05, 4.69) is 10.2 Å². The number of hydrogen-bond donors (Lipinski definition) is 2. The van der Waals surface area contributed by atoms with Crippen molar-refractivity contribution < 1.29 is 27.9 Å². The van der Waals surface area contributed by atoms with Gasteiger partial charge < -0.3 is 10.4 Å². The maximum Gasteiger partial charge on any atom is 0.490 e. The Balaban J connectivity index is 0.000000423. The number of hydrogen-bond acceptors (Lipinski definition) is 3. The molecule has 1 unspecified atom stereocenters. The maximum absolute atomic E-state index is 12.2. The van der Waals surface area contributed by atoms with Gasteiger partial charge in [0.25, 0.3) is 0 Å². The Kier molecular flexibility index (Phi) is 9.15. The number of amides is 1. The van der Waals surface area contributed by atoms with Gasteiger partial charge in [-0.3, -0.25) is 9.69 Å². The van der Waals surface area contributed by atoms with Crippen LogP contribution in [-0.4, -0.2) is 47.2 Å². The molecule has 1 heterocycles. The van der Waals surface area contributed by atoms with Crippen LogP contribution in [0, 0.1) is 0 Å². The Morgan fingerprint density at radius 3 is 2.29 bits per heavy atom. The number of nitrogens with zero attached hydrogens (tertiary/aromatic N) is 1. The van der Waals surface area contributed by atoms with E-state index in [0.29, 0.717) is 16.5 Å². The highest BCUT2D eigenvalue weighted by Gasteiger charge is 2.38. The van der Waals surface area contributed by atoms with Crippen LogP contribution in [-0.2, 0) is 22.6 Å². The molecule has 0 radical (unpaired) electrons. The normalized spacial score (nSPS) is 16.4. The predicted molar refractivity (Wildman–Crippen MR) is 112 cm³/mol. The van der Waals surface area contributed by atoms with Gasteiger partial charge in [-0.2, -0.15) is 13.2 Å². The van der Waals surface area contributed by atoms with Gasteiger partial charge in [0.1, 0.15) is 0 Å². The van der Waals surface area contributed by atoms with E-state index in [4.69, 9.17) is 33.1 Å². The number of carboxylic acid groups (broad SMARTS) is 1. The van der Waals surface area contributed by atoms with E-state index in [-0.39, 0.29) is 11.9 Å². The highest BCUT2D eigenvalue weighted by atomic mass is 35.5. The second-order valence-corrected chi connectivity index (χ2v) is 7.82. The SMILES string of the molecule is O=C(Cc1ccccc1)NC1CCN(Cc2ccc(Cl)c(Cl)c2)C1.O=C(O)C(F)(F)F. The number of nitrogens with one attached hydrogen (secondary N) is 1. The summed E-state index contributed by atoms with van der Waals surface area (Å²) in [6, 6.07) is 15.8. The summed E-state index contributed by atoms with van der Waals surface area (Å²) in [4.78, 5) is 23.4. The molecule has 1 aliphatic rings. The summed E-state index contributed by atoms with van der Waals surface area (Å²) in [5.41, 5.74) is 2.18. The largest absolute Gasteiger partial charge is 0.490 e. The molecule has 2 aromatic carbocycles. The minimum Gasteiger partial charge on any atom is -0.475 e. The second kappa shape index (κ2) is 11.4. The standard InChI is InChI=1S/C19H20Cl2N2O.C2HF3O2/c20-17-7-6-15(10-18(17)21)12-23-9-8-16(13-23)22-19(24)11-14-4-2-1-3-5-14;3-2(4,5)1(6)7/h1-7,10,16H,8-9,11-13H2,(H,22,24);(H,6,7). The van der Waals surface area contributed by atoms with Crippen LogP contribution < -0.4 is 5.32 Å². The van der Waals surface area contributed by atoms with Gasteiger partial charge in [0.15, 0.2) is 0 Å². The Bertz CT molecular complexity index is 895. The van der Waals surface area contributed by atoms with Gasteiger partial charge >= 0.3 is 12.1 Å². The minimum atomic E-state index is -5.08. The van der Waals surface area contributed by atoms with Crippen molar-refractivity contribution in [1.82, 2.24) is 10.2 Å². The molecule has 1 fully saturated rings. The van der Waals surface area contributed by atoms with E-state index >= 15 is 0 Å². The number of carbonyl (C=O) groups is 2. The van der Waals surface area contributed by atoms with Gasteiger partial charge in [-0.15, -0.1) is 0 Å². The zero-order chi connectivity index (χ0) is 23.0. The van der Waals surface area contributed by atoms with Crippen molar-refractivity contribution in [2.24, 2.45) is 0 Å². The number of carbonyl (C=O) groups excluding carboxylic acids is 1. The smallest absolute Gasteiger partial charge is 0.475 e. The molecule has 1 atom stereocenters. The number of aliphatic carboxylic acids is 1. The van der Waals surface area contributed by atoms with Gasteiger partial charge in [0.05, 0.1) is 16.5 Å². The predicted octanol–water partition coefficient (Wildman–Crippen LogP) is 4.56. The zero-order valence-corrected chi connectivity index (χ0v) is 17.8. The lowest BCUT2D eigenvalue weighted by molar-refractivity contribution is -0.192. The molecule has 1 saturated heterocycles. The molecule has 10 heteroatoms. The van der Waals surface area contributed by atoms with Crippen molar-refractivity contribution in [3.05, 3.63) is 69.7 Å². The molecule has 1 amide bonds. The molecule has 1 aliphatic heterocycles. The third-order valence-corrected chi connectivity index (χ3v) is 5.22. The lowest BCUT2D eigenvalue weighted by atomic mass is 10.1. The molecule has 2 aromatic rings. The minimum absolute atomic E-state index is 0.0857. The summed E-state index contributed by atoms with van der Waals surface area (Å²) in [5, 5.41) is 11.4. The second-order valence-electron chi connectivity index (χ2n) is 7.00. The summed E-state index contributed by atoms with van der Waals surface area (Å²) >= 11 is 12.0. The molecule has 0 aliphatic carbocycles. The third kappa shape index (κ3) is 8.77. The van der Waals surface area contributed by atoms with Crippen molar-refractivity contribution >= 4 is 35.1 Å². The van der Waals surface area contributed by atoms with Crippen LogP contribution in [0.15, 0.2) is 48.5 Å². The van der Waals surface area contributed by atoms with Crippen molar-refractivity contribution in [2.75, 3.05) is 13.1 Å². The Labute approximate surface area is 187 Å². The highest BCUT2D eigenvalue weighted by Crippen LogP contribution is 2.24. The van der Waals surface area contributed by atoms with E-state index in [1.165, 1.54) is 0 Å². The number of likely N-dealkylation sites (tertiary alicyclic amines) is 1. The molecule has 0 saturated carbocycles. The van der Waals surface area contributed by atoms with E-state index in [1.54, 1.807) is 0 Å². The molecule has 0 bridgehead atoms. The Morgan fingerprint density at radius 1 is 1.06 bits per heavy atom. The first-order valence-electron chi connectivity index (χ1n) is 9.34. The number of halogens is 5. The number of rotatable bonds is 5. The summed E-state index contributed by atoms with van der Waals surface area (Å²) in [6.45, 7) is 2.65.